The van der Waals surface area contributed by atoms with E-state index in [1.807, 2.05) is 39.3 Å². The zero-order valence-electron chi connectivity index (χ0n) is 14.6. The van der Waals surface area contributed by atoms with Crippen LogP contribution in [0.5, 0.6) is 0 Å². The van der Waals surface area contributed by atoms with Crippen molar-refractivity contribution < 1.29 is 23.5 Å². The van der Waals surface area contributed by atoms with E-state index in [-0.39, 0.29) is 6.61 Å². The van der Waals surface area contributed by atoms with E-state index in [1.165, 1.54) is 0 Å². The van der Waals surface area contributed by atoms with Crippen molar-refractivity contribution in [3.63, 3.8) is 0 Å². The van der Waals surface area contributed by atoms with Gasteiger partial charge in [-0.15, -0.1) is 0 Å². The van der Waals surface area contributed by atoms with Crippen molar-refractivity contribution in [2.75, 3.05) is 6.61 Å². The third kappa shape index (κ3) is 8.69. The first kappa shape index (κ1) is 20.7. The molecule has 0 radical (unpaired) electrons. The van der Waals surface area contributed by atoms with Crippen LogP contribution in [0.2, 0.25) is 39.3 Å². The highest BCUT2D eigenvalue weighted by atomic mass is 28.4. The smallest absolute Gasteiger partial charge is 0.333 e. The Balaban J connectivity index is 5.02. The van der Waals surface area contributed by atoms with E-state index in [1.54, 1.807) is 6.92 Å². The van der Waals surface area contributed by atoms with Crippen LogP contribution in [0.1, 0.15) is 6.92 Å². The Hall–Kier alpha value is -0.259. The molecule has 0 aromatic heterocycles. The lowest BCUT2D eigenvalue weighted by Gasteiger charge is -2.43. The highest BCUT2D eigenvalue weighted by Crippen LogP contribution is 2.25. The summed E-state index contributed by atoms with van der Waals surface area (Å²) in [6.07, 6.45) is -0.995. The number of aliphatic hydroxyl groups is 1. The second-order valence-electron chi connectivity index (χ2n) is 7.34. The molecule has 0 spiro atoms. The van der Waals surface area contributed by atoms with Gasteiger partial charge in [0.05, 0.1) is 10.2 Å². The first-order valence-corrected chi connectivity index (χ1v) is 14.9. The van der Waals surface area contributed by atoms with Gasteiger partial charge in [0.25, 0.3) is 0 Å². The van der Waals surface area contributed by atoms with Crippen LogP contribution >= 0.6 is 0 Å². The van der Waals surface area contributed by atoms with Gasteiger partial charge in [0.2, 0.25) is 0 Å². The van der Waals surface area contributed by atoms with Gasteiger partial charge in [-0.1, -0.05) is 6.58 Å². The Morgan fingerprint density at radius 3 is 1.86 bits per heavy atom. The molecule has 0 aromatic carbocycles. The van der Waals surface area contributed by atoms with E-state index in [2.05, 4.69) is 6.58 Å². The van der Waals surface area contributed by atoms with E-state index in [4.69, 9.17) is 13.6 Å². The molecule has 0 fully saturated rings. The number of aliphatic hydroxyl groups excluding tert-OH is 1. The molecule has 0 aromatic rings. The summed E-state index contributed by atoms with van der Waals surface area (Å²) in [4.78, 5) is 11.5. The number of carbonyl (C=O) groups is 1. The Bertz CT molecular complexity index is 368. The van der Waals surface area contributed by atoms with Gasteiger partial charge in [0.15, 0.2) is 22.0 Å². The molecule has 0 heterocycles. The topological polar surface area (TPSA) is 65.0 Å². The van der Waals surface area contributed by atoms with Crippen molar-refractivity contribution in [2.45, 2.75) is 57.7 Å². The fourth-order valence-electron chi connectivity index (χ4n) is 1.80. The van der Waals surface area contributed by atoms with Gasteiger partial charge >= 0.3 is 5.97 Å². The van der Waals surface area contributed by atoms with Gasteiger partial charge in [-0.25, -0.2) is 4.79 Å². The zero-order valence-corrected chi connectivity index (χ0v) is 18.6. The molecule has 1 atom stereocenters. The van der Waals surface area contributed by atoms with Crippen LogP contribution in [-0.4, -0.2) is 56.1 Å². The first-order valence-electron chi connectivity index (χ1n) is 7.07. The van der Waals surface area contributed by atoms with Gasteiger partial charge in [-0.2, -0.15) is 0 Å². The summed E-state index contributed by atoms with van der Waals surface area (Å²) in [5, 5.41) is 10.4. The predicted octanol–water partition coefficient (Wildman–Crippen LogP) is 1.19. The van der Waals surface area contributed by atoms with Gasteiger partial charge in [-0.05, 0) is 46.2 Å². The molecular formula is C13H30O5Si3. The Kier molecular flexibility index (Phi) is 7.25. The maximum atomic E-state index is 11.5. The first-order chi connectivity index (χ1) is 9.16. The van der Waals surface area contributed by atoms with E-state index in [0.717, 1.165) is 0 Å². The highest BCUT2D eigenvalue weighted by Gasteiger charge is 2.42. The Labute approximate surface area is 133 Å². The number of carbonyl (C=O) groups excluding carboxylic acids is 1. The Morgan fingerprint density at radius 2 is 1.57 bits per heavy atom. The van der Waals surface area contributed by atoms with Crippen LogP contribution in [0.25, 0.3) is 0 Å². The molecule has 1 unspecified atom stereocenters. The third-order valence-electron chi connectivity index (χ3n) is 2.34. The SMILES string of the molecule is C=C(C)C(=O)OCC(O)C([SiH3])(O[Si](C)(C)C)O[Si](C)(C)C. The lowest BCUT2D eigenvalue weighted by atomic mass is 10.3. The van der Waals surface area contributed by atoms with Crippen molar-refractivity contribution in [1.29, 1.82) is 0 Å². The summed E-state index contributed by atoms with van der Waals surface area (Å²) < 4.78 is 17.3. The number of hydrogen-bond acceptors (Lipinski definition) is 5. The molecule has 8 heteroatoms. The van der Waals surface area contributed by atoms with Gasteiger partial charge in [0.1, 0.15) is 12.7 Å². The molecule has 1 N–H and O–H groups in total. The molecule has 0 bridgehead atoms. The van der Waals surface area contributed by atoms with Crippen molar-refractivity contribution >= 4 is 32.8 Å². The van der Waals surface area contributed by atoms with Gasteiger partial charge in [0, 0.05) is 5.57 Å². The summed E-state index contributed by atoms with van der Waals surface area (Å²) in [5.74, 6) is -0.515. The number of rotatable bonds is 8. The lowest BCUT2D eigenvalue weighted by Crippen LogP contribution is -2.59. The second-order valence-corrected chi connectivity index (χ2v) is 17.6. The highest BCUT2D eigenvalue weighted by molar-refractivity contribution is 6.71. The van der Waals surface area contributed by atoms with E-state index in [0.29, 0.717) is 15.8 Å². The summed E-state index contributed by atoms with van der Waals surface area (Å²) in [6, 6.07) is 0. The minimum atomic E-state index is -1.92. The zero-order chi connectivity index (χ0) is 17.1. The molecule has 21 heavy (non-hydrogen) atoms. The number of hydrogen-bond donors (Lipinski definition) is 1. The van der Waals surface area contributed by atoms with Crippen molar-refractivity contribution in [1.82, 2.24) is 0 Å². The maximum Gasteiger partial charge on any atom is 0.333 e. The predicted molar refractivity (Wildman–Crippen MR) is 93.3 cm³/mol. The molecule has 0 saturated carbocycles. The van der Waals surface area contributed by atoms with Crippen LogP contribution in [0, 0.1) is 0 Å². The Morgan fingerprint density at radius 1 is 1.19 bits per heavy atom. The number of esters is 1. The maximum absolute atomic E-state index is 11.5. The van der Waals surface area contributed by atoms with Crippen LogP contribution < -0.4 is 0 Å². The molecule has 124 valence electrons. The average Bonchev–Trinajstić information content (AvgIpc) is 2.19. The van der Waals surface area contributed by atoms with Crippen molar-refractivity contribution in [2.24, 2.45) is 0 Å². The van der Waals surface area contributed by atoms with E-state index >= 15 is 0 Å². The molecule has 0 aliphatic rings. The summed E-state index contributed by atoms with van der Waals surface area (Å²) in [7, 11) is -3.36. The van der Waals surface area contributed by atoms with Crippen molar-refractivity contribution in [3.05, 3.63) is 12.2 Å². The molecular weight excluding hydrogens is 320 g/mol. The van der Waals surface area contributed by atoms with E-state index in [9.17, 15) is 9.90 Å². The largest absolute Gasteiger partial charge is 0.459 e. The average molecular weight is 351 g/mol. The third-order valence-corrected chi connectivity index (χ3v) is 6.27. The fraction of sp³-hybridized carbons (Fsp3) is 0.769. The minimum absolute atomic E-state index is 0.149. The molecule has 0 rings (SSSR count). The van der Waals surface area contributed by atoms with Crippen LogP contribution in [0.3, 0.4) is 0 Å². The quantitative estimate of drug-likeness (QED) is 0.308. The molecule has 0 saturated heterocycles. The van der Waals surface area contributed by atoms with Crippen LogP contribution in [-0.2, 0) is 18.4 Å². The summed E-state index contributed by atoms with van der Waals surface area (Å²) in [6.45, 7) is 17.2. The lowest BCUT2D eigenvalue weighted by molar-refractivity contribution is -0.165. The summed E-state index contributed by atoms with van der Waals surface area (Å²) >= 11 is 0. The normalized spacial score (nSPS) is 14.9. The minimum Gasteiger partial charge on any atom is -0.459 e. The number of ether oxygens (including phenoxy) is 1. The molecule has 0 aliphatic carbocycles. The molecule has 0 amide bonds. The van der Waals surface area contributed by atoms with Gasteiger partial charge in [-0.3, -0.25) is 0 Å². The summed E-state index contributed by atoms with van der Waals surface area (Å²) in [5.41, 5.74) is -0.733. The van der Waals surface area contributed by atoms with Gasteiger partial charge < -0.3 is 18.7 Å². The standard InChI is InChI=1S/C13H30O5Si3/c1-10(2)12(15)16-9-11(14)13(19,17-20(3,4)5)18-21(6,7)8/h11,14H,1,9H2,2-8,19H3. The van der Waals surface area contributed by atoms with Crippen LogP contribution in [0.15, 0.2) is 12.2 Å². The van der Waals surface area contributed by atoms with Crippen molar-refractivity contribution in [3.8, 4) is 0 Å². The van der Waals surface area contributed by atoms with E-state index < -0.39 is 34.1 Å². The second kappa shape index (κ2) is 7.34. The molecule has 0 aliphatic heterocycles. The molecule has 5 nitrogen and oxygen atoms in total. The van der Waals surface area contributed by atoms with Crippen LogP contribution in [0.4, 0.5) is 0 Å². The monoisotopic (exact) mass is 350 g/mol. The fourth-order valence-corrected chi connectivity index (χ4v) is 8.51.